The monoisotopic (exact) mass is 253 g/mol. The first-order valence-corrected chi connectivity index (χ1v) is 6.18. The van der Waals surface area contributed by atoms with E-state index >= 15 is 0 Å². The van der Waals surface area contributed by atoms with E-state index < -0.39 is 6.10 Å². The molecular weight excluding hydrogens is 238 g/mol. The molecule has 3 heteroatoms. The fourth-order valence-electron chi connectivity index (χ4n) is 1.78. The Morgan fingerprint density at radius 3 is 2.47 bits per heavy atom. The number of para-hydroxylation sites is 2. The molecule has 2 aromatic carbocycles. The van der Waals surface area contributed by atoms with Crippen molar-refractivity contribution in [2.45, 2.75) is 18.9 Å². The van der Waals surface area contributed by atoms with Crippen LogP contribution in [0.5, 0.6) is 11.5 Å². The molecule has 0 heterocycles. The average Bonchev–Trinajstić information content (AvgIpc) is 2.47. The second kappa shape index (κ2) is 6.58. The summed E-state index contributed by atoms with van der Waals surface area (Å²) < 4.78 is 5.81. The summed E-state index contributed by atoms with van der Waals surface area (Å²) in [7, 11) is 0. The highest BCUT2D eigenvalue weighted by atomic mass is 16.5. The molecule has 0 aromatic heterocycles. The number of nitriles is 1. The normalized spacial score (nSPS) is 11.6. The van der Waals surface area contributed by atoms with Crippen LogP contribution in [-0.2, 0) is 6.42 Å². The van der Waals surface area contributed by atoms with E-state index in [4.69, 9.17) is 10.00 Å². The molecule has 1 atom stereocenters. The summed E-state index contributed by atoms with van der Waals surface area (Å²) in [5.41, 5.74) is 0.987. The van der Waals surface area contributed by atoms with Crippen molar-refractivity contribution < 1.29 is 9.84 Å². The number of benzene rings is 2. The lowest BCUT2D eigenvalue weighted by Crippen LogP contribution is -2.04. The van der Waals surface area contributed by atoms with Crippen molar-refractivity contribution in [1.29, 1.82) is 5.26 Å². The highest BCUT2D eigenvalue weighted by molar-refractivity contribution is 5.37. The van der Waals surface area contributed by atoms with Gasteiger partial charge in [-0.05, 0) is 36.6 Å². The van der Waals surface area contributed by atoms with Gasteiger partial charge in [-0.3, -0.25) is 0 Å². The van der Waals surface area contributed by atoms with Gasteiger partial charge in [-0.15, -0.1) is 0 Å². The third-order valence-corrected chi connectivity index (χ3v) is 2.78. The number of rotatable bonds is 5. The van der Waals surface area contributed by atoms with E-state index in [-0.39, 0.29) is 0 Å². The summed E-state index contributed by atoms with van der Waals surface area (Å²) in [5, 5.41) is 17.9. The molecule has 0 fully saturated rings. The minimum absolute atomic E-state index is 0.408. The van der Waals surface area contributed by atoms with Gasteiger partial charge in [-0.2, -0.15) is 5.26 Å². The number of ether oxygens (including phenoxy) is 1. The molecule has 0 aliphatic heterocycles. The largest absolute Gasteiger partial charge is 0.457 e. The first-order valence-electron chi connectivity index (χ1n) is 6.18. The molecule has 19 heavy (non-hydrogen) atoms. The van der Waals surface area contributed by atoms with E-state index in [9.17, 15) is 5.11 Å². The van der Waals surface area contributed by atoms with Crippen LogP contribution in [0.25, 0.3) is 0 Å². The Morgan fingerprint density at radius 1 is 1.05 bits per heavy atom. The molecule has 1 N–H and O–H groups in total. The topological polar surface area (TPSA) is 53.2 Å². The smallest absolute Gasteiger partial charge is 0.140 e. The van der Waals surface area contributed by atoms with Crippen molar-refractivity contribution in [3.05, 3.63) is 60.2 Å². The molecule has 0 saturated heterocycles. The van der Waals surface area contributed by atoms with Crippen LogP contribution in [0.2, 0.25) is 0 Å². The lowest BCUT2D eigenvalue weighted by atomic mass is 10.1. The number of aryl methyl sites for hydroxylation is 1. The minimum Gasteiger partial charge on any atom is -0.457 e. The molecule has 2 rings (SSSR count). The Labute approximate surface area is 112 Å². The Kier molecular flexibility index (Phi) is 4.54. The Morgan fingerprint density at radius 2 is 1.74 bits per heavy atom. The van der Waals surface area contributed by atoms with Crippen molar-refractivity contribution in [3.8, 4) is 17.6 Å². The summed E-state index contributed by atoms with van der Waals surface area (Å²) in [5.74, 6) is 1.54. The zero-order valence-electron chi connectivity index (χ0n) is 10.5. The van der Waals surface area contributed by atoms with Gasteiger partial charge in [0, 0.05) is 0 Å². The van der Waals surface area contributed by atoms with Gasteiger partial charge in [0.05, 0.1) is 6.07 Å². The van der Waals surface area contributed by atoms with E-state index in [1.807, 2.05) is 60.7 Å². The standard InChI is InChI=1S/C16H15NO2/c17-12-14(18)11-10-13-6-4-5-9-16(13)19-15-7-2-1-3-8-15/h1-9,14,18H,10-11H2. The number of aliphatic hydroxyl groups excluding tert-OH is 1. The van der Waals surface area contributed by atoms with Crippen molar-refractivity contribution in [2.75, 3.05) is 0 Å². The van der Waals surface area contributed by atoms with Crippen LogP contribution in [0.4, 0.5) is 0 Å². The molecule has 0 spiro atoms. The predicted molar refractivity (Wildman–Crippen MR) is 72.9 cm³/mol. The highest BCUT2D eigenvalue weighted by Crippen LogP contribution is 2.26. The minimum atomic E-state index is -0.926. The highest BCUT2D eigenvalue weighted by Gasteiger charge is 2.07. The fourth-order valence-corrected chi connectivity index (χ4v) is 1.78. The summed E-state index contributed by atoms with van der Waals surface area (Å²) in [4.78, 5) is 0. The molecule has 1 unspecified atom stereocenters. The molecule has 0 amide bonds. The van der Waals surface area contributed by atoms with Gasteiger partial charge in [0.2, 0.25) is 0 Å². The van der Waals surface area contributed by atoms with E-state index in [0.29, 0.717) is 12.8 Å². The maximum absolute atomic E-state index is 9.30. The van der Waals surface area contributed by atoms with E-state index in [2.05, 4.69) is 0 Å². The van der Waals surface area contributed by atoms with E-state index in [1.54, 1.807) is 0 Å². The van der Waals surface area contributed by atoms with Crippen LogP contribution in [-0.4, -0.2) is 11.2 Å². The molecular formula is C16H15NO2. The number of nitrogens with zero attached hydrogens (tertiary/aromatic N) is 1. The number of hydrogen-bond acceptors (Lipinski definition) is 3. The molecule has 0 aliphatic rings. The van der Waals surface area contributed by atoms with Crippen LogP contribution < -0.4 is 4.74 Å². The maximum Gasteiger partial charge on any atom is 0.140 e. The Balaban J connectivity index is 2.10. The van der Waals surface area contributed by atoms with Crippen LogP contribution in [0.1, 0.15) is 12.0 Å². The lowest BCUT2D eigenvalue weighted by molar-refractivity contribution is 0.220. The zero-order chi connectivity index (χ0) is 13.5. The van der Waals surface area contributed by atoms with Crippen molar-refractivity contribution in [1.82, 2.24) is 0 Å². The maximum atomic E-state index is 9.30. The van der Waals surface area contributed by atoms with Crippen LogP contribution in [0.3, 0.4) is 0 Å². The van der Waals surface area contributed by atoms with Crippen LogP contribution in [0, 0.1) is 11.3 Å². The van der Waals surface area contributed by atoms with Crippen LogP contribution >= 0.6 is 0 Å². The molecule has 0 saturated carbocycles. The fraction of sp³-hybridized carbons (Fsp3) is 0.188. The number of hydrogen-bond donors (Lipinski definition) is 1. The van der Waals surface area contributed by atoms with Gasteiger partial charge >= 0.3 is 0 Å². The summed E-state index contributed by atoms with van der Waals surface area (Å²) >= 11 is 0. The average molecular weight is 253 g/mol. The summed E-state index contributed by atoms with van der Waals surface area (Å²) in [6.45, 7) is 0. The van der Waals surface area contributed by atoms with Gasteiger partial charge in [-0.1, -0.05) is 36.4 Å². The van der Waals surface area contributed by atoms with Gasteiger partial charge in [-0.25, -0.2) is 0 Å². The van der Waals surface area contributed by atoms with Gasteiger partial charge < -0.3 is 9.84 Å². The first-order chi connectivity index (χ1) is 9.29. The third-order valence-electron chi connectivity index (χ3n) is 2.78. The predicted octanol–water partition coefficient (Wildman–Crippen LogP) is 3.30. The Bertz CT molecular complexity index is 560. The second-order valence-corrected chi connectivity index (χ2v) is 4.21. The molecule has 2 aromatic rings. The third kappa shape index (κ3) is 3.84. The summed E-state index contributed by atoms with van der Waals surface area (Å²) in [6.07, 6.45) is 0.0911. The molecule has 3 nitrogen and oxygen atoms in total. The van der Waals surface area contributed by atoms with Gasteiger partial charge in [0.15, 0.2) is 0 Å². The molecule has 0 aliphatic carbocycles. The van der Waals surface area contributed by atoms with Crippen molar-refractivity contribution >= 4 is 0 Å². The van der Waals surface area contributed by atoms with E-state index in [0.717, 1.165) is 17.1 Å². The second-order valence-electron chi connectivity index (χ2n) is 4.21. The quantitative estimate of drug-likeness (QED) is 0.832. The van der Waals surface area contributed by atoms with E-state index in [1.165, 1.54) is 0 Å². The van der Waals surface area contributed by atoms with Gasteiger partial charge in [0.1, 0.15) is 17.6 Å². The SMILES string of the molecule is N#CC(O)CCc1ccccc1Oc1ccccc1. The number of aliphatic hydroxyl groups is 1. The Hall–Kier alpha value is -2.31. The van der Waals surface area contributed by atoms with Gasteiger partial charge in [0.25, 0.3) is 0 Å². The summed E-state index contributed by atoms with van der Waals surface area (Å²) in [6, 6.07) is 19.0. The van der Waals surface area contributed by atoms with Crippen molar-refractivity contribution in [3.63, 3.8) is 0 Å². The first kappa shape index (κ1) is 13.1. The molecule has 96 valence electrons. The van der Waals surface area contributed by atoms with Crippen molar-refractivity contribution in [2.24, 2.45) is 0 Å². The zero-order valence-corrected chi connectivity index (χ0v) is 10.5. The molecule has 0 radical (unpaired) electrons. The van der Waals surface area contributed by atoms with Crippen LogP contribution in [0.15, 0.2) is 54.6 Å². The molecule has 0 bridgehead atoms. The lowest BCUT2D eigenvalue weighted by Gasteiger charge is -2.11.